The highest BCUT2D eigenvalue weighted by Crippen LogP contribution is 2.13. The van der Waals surface area contributed by atoms with Gasteiger partial charge >= 0.3 is 0 Å². The number of aliphatic imine (C=N–C) groups is 1. The van der Waals surface area contributed by atoms with Gasteiger partial charge in [0.1, 0.15) is 11.7 Å². The Bertz CT molecular complexity index is 591. The van der Waals surface area contributed by atoms with Gasteiger partial charge in [0, 0.05) is 24.8 Å². The van der Waals surface area contributed by atoms with E-state index in [4.69, 9.17) is 5.73 Å². The van der Waals surface area contributed by atoms with Crippen molar-refractivity contribution in [3.8, 4) is 0 Å². The van der Waals surface area contributed by atoms with Gasteiger partial charge in [-0.3, -0.25) is 4.99 Å². The number of hydrogen-bond acceptors (Lipinski definition) is 2. The van der Waals surface area contributed by atoms with Crippen molar-refractivity contribution < 1.29 is 4.39 Å². The molecular formula is C16H18FN3. The highest BCUT2D eigenvalue weighted by atomic mass is 19.1. The van der Waals surface area contributed by atoms with Crippen molar-refractivity contribution in [3.63, 3.8) is 0 Å². The fraction of sp³-hybridized carbons (Fsp3) is 0.188. The highest BCUT2D eigenvalue weighted by Gasteiger charge is 2.03. The van der Waals surface area contributed by atoms with E-state index in [1.54, 1.807) is 12.1 Å². The topological polar surface area (TPSA) is 50.4 Å². The van der Waals surface area contributed by atoms with E-state index in [2.05, 4.69) is 10.3 Å². The number of para-hydroxylation sites is 1. The number of amidine groups is 1. The number of rotatable bonds is 5. The Morgan fingerprint density at radius 1 is 1.15 bits per heavy atom. The maximum atomic E-state index is 12.8. The standard InChI is InChI=1S/C16H18FN3/c1-19-15-5-3-2-4-14(15)16(18)20-11-10-12-6-8-13(17)9-7-12/h2-9,19H,10-11H2,1H3,(H2,18,20). The fourth-order valence-corrected chi connectivity index (χ4v) is 1.97. The first-order valence-corrected chi connectivity index (χ1v) is 6.52. The molecule has 2 rings (SSSR count). The molecule has 0 bridgehead atoms. The van der Waals surface area contributed by atoms with E-state index in [1.807, 2.05) is 31.3 Å². The summed E-state index contributed by atoms with van der Waals surface area (Å²) in [6.07, 6.45) is 0.739. The van der Waals surface area contributed by atoms with Gasteiger partial charge in [-0.15, -0.1) is 0 Å². The lowest BCUT2D eigenvalue weighted by atomic mass is 10.1. The SMILES string of the molecule is CNc1ccccc1C(N)=NCCc1ccc(F)cc1. The first-order chi connectivity index (χ1) is 9.70. The summed E-state index contributed by atoms with van der Waals surface area (Å²) in [6, 6.07) is 14.2. The summed E-state index contributed by atoms with van der Waals surface area (Å²) in [5.41, 5.74) is 8.91. The van der Waals surface area contributed by atoms with Crippen LogP contribution >= 0.6 is 0 Å². The van der Waals surface area contributed by atoms with Gasteiger partial charge in [0.2, 0.25) is 0 Å². The third kappa shape index (κ3) is 3.57. The zero-order valence-corrected chi connectivity index (χ0v) is 11.4. The molecule has 2 aromatic carbocycles. The Labute approximate surface area is 118 Å². The third-order valence-corrected chi connectivity index (χ3v) is 3.07. The quantitative estimate of drug-likeness (QED) is 0.649. The van der Waals surface area contributed by atoms with Gasteiger partial charge in [0.05, 0.1) is 0 Å². The molecule has 0 aromatic heterocycles. The monoisotopic (exact) mass is 271 g/mol. The maximum absolute atomic E-state index is 12.8. The van der Waals surface area contributed by atoms with Crippen molar-refractivity contribution in [1.82, 2.24) is 0 Å². The first-order valence-electron chi connectivity index (χ1n) is 6.52. The molecule has 0 aliphatic carbocycles. The van der Waals surface area contributed by atoms with Gasteiger partial charge in [-0.25, -0.2) is 4.39 Å². The van der Waals surface area contributed by atoms with Crippen LogP contribution < -0.4 is 11.1 Å². The van der Waals surface area contributed by atoms with E-state index in [-0.39, 0.29) is 5.82 Å². The van der Waals surface area contributed by atoms with Crippen LogP contribution in [0.3, 0.4) is 0 Å². The second-order valence-corrected chi connectivity index (χ2v) is 4.44. The van der Waals surface area contributed by atoms with E-state index >= 15 is 0 Å². The molecule has 0 heterocycles. The van der Waals surface area contributed by atoms with Crippen molar-refractivity contribution in [3.05, 3.63) is 65.5 Å². The number of hydrogen-bond donors (Lipinski definition) is 2. The summed E-state index contributed by atoms with van der Waals surface area (Å²) in [6.45, 7) is 0.579. The van der Waals surface area contributed by atoms with Crippen molar-refractivity contribution in [2.75, 3.05) is 18.9 Å². The van der Waals surface area contributed by atoms with Gasteiger partial charge in [0.25, 0.3) is 0 Å². The van der Waals surface area contributed by atoms with Crippen LogP contribution in [0.5, 0.6) is 0 Å². The first kappa shape index (κ1) is 14.1. The molecule has 0 saturated carbocycles. The number of anilines is 1. The van der Waals surface area contributed by atoms with Crippen LogP contribution in [0.4, 0.5) is 10.1 Å². The van der Waals surface area contributed by atoms with Crippen LogP contribution in [-0.4, -0.2) is 19.4 Å². The minimum atomic E-state index is -0.222. The Balaban J connectivity index is 2.02. The van der Waals surface area contributed by atoms with Crippen molar-refractivity contribution in [1.29, 1.82) is 0 Å². The van der Waals surface area contributed by atoms with Crippen LogP contribution in [0, 0.1) is 5.82 Å². The smallest absolute Gasteiger partial charge is 0.127 e. The molecule has 3 N–H and O–H groups in total. The molecule has 0 fully saturated rings. The molecular weight excluding hydrogens is 253 g/mol. The molecule has 0 aliphatic heterocycles. The van der Waals surface area contributed by atoms with Crippen molar-refractivity contribution in [2.24, 2.45) is 10.7 Å². The van der Waals surface area contributed by atoms with Gasteiger partial charge in [-0.2, -0.15) is 0 Å². The second kappa shape index (κ2) is 6.70. The lowest BCUT2D eigenvalue weighted by molar-refractivity contribution is 0.627. The molecule has 0 aliphatic rings. The van der Waals surface area contributed by atoms with Crippen molar-refractivity contribution in [2.45, 2.75) is 6.42 Å². The number of nitrogens with zero attached hydrogens (tertiary/aromatic N) is 1. The molecule has 104 valence electrons. The number of nitrogens with two attached hydrogens (primary N) is 1. The van der Waals surface area contributed by atoms with Gasteiger partial charge in [0.15, 0.2) is 0 Å². The van der Waals surface area contributed by atoms with Crippen molar-refractivity contribution >= 4 is 11.5 Å². The number of nitrogens with one attached hydrogen (secondary N) is 1. The molecule has 0 atom stereocenters. The van der Waals surface area contributed by atoms with E-state index in [1.165, 1.54) is 12.1 Å². The summed E-state index contributed by atoms with van der Waals surface area (Å²) >= 11 is 0. The molecule has 0 amide bonds. The lowest BCUT2D eigenvalue weighted by Crippen LogP contribution is -2.16. The molecule has 3 nitrogen and oxygen atoms in total. The van der Waals surface area contributed by atoms with E-state index in [0.29, 0.717) is 12.4 Å². The predicted molar refractivity (Wildman–Crippen MR) is 81.7 cm³/mol. The molecule has 0 radical (unpaired) electrons. The molecule has 4 heteroatoms. The largest absolute Gasteiger partial charge is 0.388 e. The lowest BCUT2D eigenvalue weighted by Gasteiger charge is -2.08. The number of halogens is 1. The Morgan fingerprint density at radius 3 is 2.55 bits per heavy atom. The van der Waals surface area contributed by atoms with Crippen LogP contribution in [0.1, 0.15) is 11.1 Å². The van der Waals surface area contributed by atoms with Gasteiger partial charge in [-0.1, -0.05) is 24.3 Å². The van der Waals surface area contributed by atoms with Gasteiger partial charge in [-0.05, 0) is 36.2 Å². The Hall–Kier alpha value is -2.36. The minimum absolute atomic E-state index is 0.222. The summed E-state index contributed by atoms with van der Waals surface area (Å²) in [5.74, 6) is 0.289. The maximum Gasteiger partial charge on any atom is 0.127 e. The fourth-order valence-electron chi connectivity index (χ4n) is 1.97. The summed E-state index contributed by atoms with van der Waals surface area (Å²) in [4.78, 5) is 4.38. The normalized spacial score (nSPS) is 11.4. The van der Waals surface area contributed by atoms with Crippen LogP contribution in [0.15, 0.2) is 53.5 Å². The zero-order valence-electron chi connectivity index (χ0n) is 11.4. The molecule has 0 unspecified atom stereocenters. The summed E-state index contributed by atoms with van der Waals surface area (Å²) < 4.78 is 12.8. The molecule has 0 spiro atoms. The minimum Gasteiger partial charge on any atom is -0.388 e. The van der Waals surface area contributed by atoms with Crippen LogP contribution in [-0.2, 0) is 6.42 Å². The molecule has 20 heavy (non-hydrogen) atoms. The summed E-state index contributed by atoms with van der Waals surface area (Å²) in [7, 11) is 1.85. The van der Waals surface area contributed by atoms with Crippen LogP contribution in [0.2, 0.25) is 0 Å². The summed E-state index contributed by atoms with van der Waals surface area (Å²) in [5, 5.41) is 3.09. The van der Waals surface area contributed by atoms with E-state index < -0.39 is 0 Å². The Kier molecular flexibility index (Phi) is 4.71. The predicted octanol–water partition coefficient (Wildman–Crippen LogP) is 2.82. The molecule has 2 aromatic rings. The zero-order chi connectivity index (χ0) is 14.4. The number of benzene rings is 2. The molecule has 0 saturated heterocycles. The average Bonchev–Trinajstić information content (AvgIpc) is 2.49. The average molecular weight is 271 g/mol. The van der Waals surface area contributed by atoms with E-state index in [9.17, 15) is 4.39 Å². The third-order valence-electron chi connectivity index (χ3n) is 3.07. The highest BCUT2D eigenvalue weighted by molar-refractivity contribution is 6.02. The van der Waals surface area contributed by atoms with E-state index in [0.717, 1.165) is 23.2 Å². The van der Waals surface area contributed by atoms with Gasteiger partial charge < -0.3 is 11.1 Å². The van der Waals surface area contributed by atoms with Crippen LogP contribution in [0.25, 0.3) is 0 Å². The Morgan fingerprint density at radius 2 is 1.85 bits per heavy atom. The second-order valence-electron chi connectivity index (χ2n) is 4.44.